The number of rotatable bonds is 3. The summed E-state index contributed by atoms with van der Waals surface area (Å²) in [7, 11) is 0. The van der Waals surface area contributed by atoms with Gasteiger partial charge in [-0.25, -0.2) is 0 Å². The van der Waals surface area contributed by atoms with E-state index >= 15 is 0 Å². The first-order valence-electron chi connectivity index (χ1n) is 9.44. The summed E-state index contributed by atoms with van der Waals surface area (Å²) in [5.74, 6) is 2.15. The van der Waals surface area contributed by atoms with Crippen LogP contribution in [0.5, 0.6) is 0 Å². The van der Waals surface area contributed by atoms with Crippen LogP contribution in [0.3, 0.4) is 0 Å². The summed E-state index contributed by atoms with van der Waals surface area (Å²) >= 11 is 0. The van der Waals surface area contributed by atoms with Gasteiger partial charge in [0.2, 0.25) is 0 Å². The molecular formula is C20H28N4O. The highest BCUT2D eigenvalue weighted by atomic mass is 16.5. The van der Waals surface area contributed by atoms with Crippen molar-refractivity contribution in [3.05, 3.63) is 46.0 Å². The number of hydrogen-bond acceptors (Lipinski definition) is 4. The lowest BCUT2D eigenvalue weighted by atomic mass is 10.0. The number of aromatic nitrogens is 3. The monoisotopic (exact) mass is 340 g/mol. The Balaban J connectivity index is 1.48. The fourth-order valence-electron chi connectivity index (χ4n) is 4.00. The molecule has 5 heteroatoms. The van der Waals surface area contributed by atoms with Crippen LogP contribution in [0.25, 0.3) is 0 Å². The Morgan fingerprint density at radius 3 is 2.68 bits per heavy atom. The zero-order valence-corrected chi connectivity index (χ0v) is 15.6. The van der Waals surface area contributed by atoms with E-state index in [1.807, 2.05) is 0 Å². The lowest BCUT2D eigenvalue weighted by molar-refractivity contribution is 0.101. The second-order valence-corrected chi connectivity index (χ2v) is 7.52. The van der Waals surface area contributed by atoms with Gasteiger partial charge in [-0.3, -0.25) is 4.90 Å². The summed E-state index contributed by atoms with van der Waals surface area (Å²) in [4.78, 5) is 2.55. The van der Waals surface area contributed by atoms with Crippen LogP contribution in [0.2, 0.25) is 0 Å². The predicted octanol–water partition coefficient (Wildman–Crippen LogP) is 3.11. The summed E-state index contributed by atoms with van der Waals surface area (Å²) in [6.45, 7) is 11.5. The van der Waals surface area contributed by atoms with Gasteiger partial charge in [0.05, 0.1) is 0 Å². The number of ether oxygens (including phenoxy) is 1. The minimum Gasteiger partial charge on any atom is -0.370 e. The molecule has 1 aromatic carbocycles. The lowest BCUT2D eigenvalue weighted by Gasteiger charge is -2.22. The molecule has 5 nitrogen and oxygen atoms in total. The average Bonchev–Trinajstić information content (AvgIpc) is 3.20. The average molecular weight is 340 g/mol. The topological polar surface area (TPSA) is 43.2 Å². The third-order valence-corrected chi connectivity index (χ3v) is 5.71. The Morgan fingerprint density at radius 1 is 1.04 bits per heavy atom. The summed E-state index contributed by atoms with van der Waals surface area (Å²) in [5.41, 5.74) is 5.60. The number of hydrogen-bond donors (Lipinski definition) is 0. The van der Waals surface area contributed by atoms with Gasteiger partial charge in [-0.2, -0.15) is 0 Å². The SMILES string of the molecule is Cc1cc(C)c(CN2CCc3nnc(C4CCCO4)n3CC2)cc1C. The molecular weight excluding hydrogens is 312 g/mol. The van der Waals surface area contributed by atoms with Gasteiger partial charge in [0.1, 0.15) is 11.9 Å². The van der Waals surface area contributed by atoms with Crippen molar-refractivity contribution < 1.29 is 4.74 Å². The molecule has 2 aromatic rings. The molecule has 1 saturated heterocycles. The second kappa shape index (κ2) is 6.89. The van der Waals surface area contributed by atoms with Crippen LogP contribution >= 0.6 is 0 Å². The highest BCUT2D eigenvalue weighted by Gasteiger charge is 2.27. The standard InChI is InChI=1S/C20H28N4O/c1-14-11-16(3)17(12-15(14)2)13-23-7-6-19-21-22-20(24(19)9-8-23)18-5-4-10-25-18/h11-12,18H,4-10,13H2,1-3H3. The first kappa shape index (κ1) is 16.7. The van der Waals surface area contributed by atoms with E-state index < -0.39 is 0 Å². The Labute approximate surface area is 150 Å². The third-order valence-electron chi connectivity index (χ3n) is 5.71. The molecule has 2 aliphatic rings. The fourth-order valence-corrected chi connectivity index (χ4v) is 4.00. The van der Waals surface area contributed by atoms with E-state index in [4.69, 9.17) is 4.74 Å². The quantitative estimate of drug-likeness (QED) is 0.861. The van der Waals surface area contributed by atoms with E-state index in [2.05, 4.69) is 52.6 Å². The van der Waals surface area contributed by atoms with E-state index in [0.29, 0.717) is 0 Å². The van der Waals surface area contributed by atoms with Crippen molar-refractivity contribution in [1.82, 2.24) is 19.7 Å². The zero-order valence-electron chi connectivity index (χ0n) is 15.6. The Kier molecular flexibility index (Phi) is 4.61. The molecule has 1 atom stereocenters. The first-order valence-corrected chi connectivity index (χ1v) is 9.44. The Hall–Kier alpha value is -1.72. The summed E-state index contributed by atoms with van der Waals surface area (Å²) < 4.78 is 8.14. The van der Waals surface area contributed by atoms with Crippen LogP contribution < -0.4 is 0 Å². The molecule has 4 rings (SSSR count). The molecule has 134 valence electrons. The second-order valence-electron chi connectivity index (χ2n) is 7.52. The van der Waals surface area contributed by atoms with Gasteiger partial charge >= 0.3 is 0 Å². The van der Waals surface area contributed by atoms with Gasteiger partial charge in [0.25, 0.3) is 0 Å². The summed E-state index contributed by atoms with van der Waals surface area (Å²) in [6, 6.07) is 4.67. The third kappa shape index (κ3) is 3.35. The molecule has 0 bridgehead atoms. The van der Waals surface area contributed by atoms with Gasteiger partial charge in [-0.1, -0.05) is 12.1 Å². The predicted molar refractivity (Wildman–Crippen MR) is 97.6 cm³/mol. The highest BCUT2D eigenvalue weighted by molar-refractivity contribution is 5.36. The zero-order chi connectivity index (χ0) is 17.4. The van der Waals surface area contributed by atoms with Crippen molar-refractivity contribution >= 4 is 0 Å². The van der Waals surface area contributed by atoms with Gasteiger partial charge in [-0.15, -0.1) is 10.2 Å². The molecule has 0 spiro atoms. The maximum absolute atomic E-state index is 5.83. The van der Waals surface area contributed by atoms with E-state index in [1.54, 1.807) is 0 Å². The van der Waals surface area contributed by atoms with Crippen LogP contribution in [0.4, 0.5) is 0 Å². The smallest absolute Gasteiger partial charge is 0.162 e. The van der Waals surface area contributed by atoms with Crippen molar-refractivity contribution in [2.24, 2.45) is 0 Å². The van der Waals surface area contributed by atoms with Crippen LogP contribution in [-0.4, -0.2) is 39.4 Å². The molecule has 0 aliphatic carbocycles. The van der Waals surface area contributed by atoms with E-state index in [9.17, 15) is 0 Å². The molecule has 2 aliphatic heterocycles. The van der Waals surface area contributed by atoms with Gasteiger partial charge in [-0.05, 0) is 55.9 Å². The van der Waals surface area contributed by atoms with E-state index in [1.165, 1.54) is 22.3 Å². The normalized spacial score (nSPS) is 21.3. The maximum atomic E-state index is 5.83. The first-order chi connectivity index (χ1) is 12.1. The molecule has 0 saturated carbocycles. The van der Waals surface area contributed by atoms with Gasteiger partial charge < -0.3 is 9.30 Å². The largest absolute Gasteiger partial charge is 0.370 e. The van der Waals surface area contributed by atoms with Crippen molar-refractivity contribution in [3.8, 4) is 0 Å². The lowest BCUT2D eigenvalue weighted by Crippen LogP contribution is -2.27. The molecule has 0 radical (unpaired) electrons. The Bertz CT molecular complexity index is 761. The Morgan fingerprint density at radius 2 is 1.88 bits per heavy atom. The summed E-state index contributed by atoms with van der Waals surface area (Å²) in [5, 5.41) is 8.89. The minimum absolute atomic E-state index is 0.148. The highest BCUT2D eigenvalue weighted by Crippen LogP contribution is 2.28. The number of fused-ring (bicyclic) bond motifs is 1. The maximum Gasteiger partial charge on any atom is 0.162 e. The molecule has 1 fully saturated rings. The molecule has 0 N–H and O–H groups in total. The molecule has 25 heavy (non-hydrogen) atoms. The van der Waals surface area contributed by atoms with Crippen LogP contribution in [-0.2, 0) is 24.2 Å². The van der Waals surface area contributed by atoms with Crippen molar-refractivity contribution in [2.45, 2.75) is 59.2 Å². The van der Waals surface area contributed by atoms with Crippen LogP contribution in [0.1, 0.15) is 52.8 Å². The van der Waals surface area contributed by atoms with Crippen LogP contribution in [0, 0.1) is 20.8 Å². The molecule has 1 unspecified atom stereocenters. The number of aryl methyl sites for hydroxylation is 3. The van der Waals surface area contributed by atoms with Crippen molar-refractivity contribution in [1.29, 1.82) is 0 Å². The van der Waals surface area contributed by atoms with E-state index in [0.717, 1.165) is 63.7 Å². The van der Waals surface area contributed by atoms with Crippen molar-refractivity contribution in [3.63, 3.8) is 0 Å². The molecule has 0 amide bonds. The van der Waals surface area contributed by atoms with Crippen molar-refractivity contribution in [2.75, 3.05) is 19.7 Å². The van der Waals surface area contributed by atoms with Gasteiger partial charge in [0, 0.05) is 39.2 Å². The van der Waals surface area contributed by atoms with Crippen LogP contribution in [0.15, 0.2) is 12.1 Å². The fraction of sp³-hybridized carbons (Fsp3) is 0.600. The van der Waals surface area contributed by atoms with Gasteiger partial charge in [0.15, 0.2) is 5.82 Å². The number of nitrogens with zero attached hydrogens (tertiary/aromatic N) is 4. The molecule has 1 aromatic heterocycles. The van der Waals surface area contributed by atoms with E-state index in [-0.39, 0.29) is 6.10 Å². The number of benzene rings is 1. The molecule has 3 heterocycles. The summed E-state index contributed by atoms with van der Waals surface area (Å²) in [6.07, 6.45) is 3.31. The minimum atomic E-state index is 0.148.